The summed E-state index contributed by atoms with van der Waals surface area (Å²) in [6, 6.07) is 0. The molecule has 1 heterocycles. The Bertz CT molecular complexity index is 186. The molecule has 0 spiro atoms. The Morgan fingerprint density at radius 2 is 1.42 bits per heavy atom. The molecule has 0 aromatic rings. The topological polar surface area (TPSA) is 21.5 Å². The highest BCUT2D eigenvalue weighted by molar-refractivity contribution is 5.80. The van der Waals surface area contributed by atoms with E-state index in [0.29, 0.717) is 5.78 Å². The lowest BCUT2D eigenvalue weighted by atomic mass is 9.80. The fraction of sp³-hybridized carbons (Fsp3) is 0.900. The number of hydrogen-bond donors (Lipinski definition) is 1. The van der Waals surface area contributed by atoms with E-state index in [-0.39, 0.29) is 11.1 Å². The number of quaternary nitrogens is 1. The van der Waals surface area contributed by atoms with Crippen molar-refractivity contribution in [2.45, 2.75) is 51.6 Å². The smallest absolute Gasteiger partial charge is 0.145 e. The van der Waals surface area contributed by atoms with E-state index < -0.39 is 0 Å². The van der Waals surface area contributed by atoms with Crippen LogP contribution < -0.4 is 4.90 Å². The van der Waals surface area contributed by atoms with Gasteiger partial charge in [-0.3, -0.25) is 4.79 Å². The van der Waals surface area contributed by atoms with Gasteiger partial charge in [0, 0.05) is 0 Å². The second-order valence-electron chi connectivity index (χ2n) is 5.28. The largest absolute Gasteiger partial charge is 0.328 e. The van der Waals surface area contributed by atoms with Gasteiger partial charge in [0.15, 0.2) is 0 Å². The Morgan fingerprint density at radius 1 is 1.08 bits per heavy atom. The molecule has 12 heavy (non-hydrogen) atoms. The van der Waals surface area contributed by atoms with E-state index in [0.717, 1.165) is 12.8 Å². The third-order valence-electron chi connectivity index (χ3n) is 3.31. The van der Waals surface area contributed by atoms with Crippen molar-refractivity contribution in [3.8, 4) is 0 Å². The molecule has 1 aliphatic rings. The highest BCUT2D eigenvalue weighted by Gasteiger charge is 2.46. The molecular weight excluding hydrogens is 150 g/mol. The molecule has 1 fully saturated rings. The first kappa shape index (κ1) is 9.72. The zero-order valence-corrected chi connectivity index (χ0v) is 8.82. The Labute approximate surface area is 74.9 Å². The van der Waals surface area contributed by atoms with Crippen LogP contribution in [0, 0.1) is 0 Å². The zero-order valence-electron chi connectivity index (χ0n) is 8.82. The van der Waals surface area contributed by atoms with Crippen molar-refractivity contribution >= 4 is 5.78 Å². The van der Waals surface area contributed by atoms with Crippen molar-refractivity contribution in [2.24, 2.45) is 0 Å². The second-order valence-corrected chi connectivity index (χ2v) is 5.28. The summed E-state index contributed by atoms with van der Waals surface area (Å²) in [4.78, 5) is 12.9. The lowest BCUT2D eigenvalue weighted by Crippen LogP contribution is -3.24. The molecule has 0 radical (unpaired) electrons. The standard InChI is InChI=1S/C10H19NO/c1-9(2)6-8(12)7-10(3,4)11(9)5/h6-7H2,1-5H3/p+1. The van der Waals surface area contributed by atoms with E-state index in [4.69, 9.17) is 0 Å². The summed E-state index contributed by atoms with van der Waals surface area (Å²) < 4.78 is 0. The molecular formula is C10H20NO+. The van der Waals surface area contributed by atoms with E-state index in [9.17, 15) is 4.79 Å². The number of likely N-dealkylation sites (tertiary alicyclic amines) is 1. The van der Waals surface area contributed by atoms with Crippen LogP contribution in [0.4, 0.5) is 0 Å². The summed E-state index contributed by atoms with van der Waals surface area (Å²) in [6.07, 6.45) is 1.45. The Hall–Kier alpha value is -0.370. The van der Waals surface area contributed by atoms with Gasteiger partial charge in [0.05, 0.1) is 31.0 Å². The van der Waals surface area contributed by atoms with Crippen LogP contribution in [0.25, 0.3) is 0 Å². The molecule has 1 aliphatic heterocycles. The summed E-state index contributed by atoms with van der Waals surface area (Å²) in [5, 5.41) is 0. The monoisotopic (exact) mass is 170 g/mol. The molecule has 1 N–H and O–H groups in total. The highest BCUT2D eigenvalue weighted by atomic mass is 16.1. The van der Waals surface area contributed by atoms with Crippen LogP contribution in [0.15, 0.2) is 0 Å². The third kappa shape index (κ3) is 1.53. The molecule has 0 bridgehead atoms. The van der Waals surface area contributed by atoms with Crippen molar-refractivity contribution in [1.29, 1.82) is 0 Å². The molecule has 0 saturated carbocycles. The van der Waals surface area contributed by atoms with Gasteiger partial charge >= 0.3 is 0 Å². The number of piperidine rings is 1. The van der Waals surface area contributed by atoms with Gasteiger partial charge < -0.3 is 4.90 Å². The minimum Gasteiger partial charge on any atom is -0.328 e. The molecule has 70 valence electrons. The van der Waals surface area contributed by atoms with Crippen LogP contribution in [-0.4, -0.2) is 23.9 Å². The van der Waals surface area contributed by atoms with E-state index in [1.54, 1.807) is 0 Å². The number of carbonyl (C=O) groups is 1. The van der Waals surface area contributed by atoms with Crippen molar-refractivity contribution in [3.63, 3.8) is 0 Å². The fourth-order valence-corrected chi connectivity index (χ4v) is 2.23. The lowest BCUT2D eigenvalue weighted by Gasteiger charge is -2.46. The Kier molecular flexibility index (Phi) is 2.07. The molecule has 2 nitrogen and oxygen atoms in total. The van der Waals surface area contributed by atoms with Gasteiger partial charge in [-0.25, -0.2) is 0 Å². The highest BCUT2D eigenvalue weighted by Crippen LogP contribution is 2.19. The summed E-state index contributed by atoms with van der Waals surface area (Å²) in [7, 11) is 2.19. The molecule has 1 saturated heterocycles. The normalized spacial score (nSPS) is 28.9. The van der Waals surface area contributed by atoms with Gasteiger partial charge in [0.1, 0.15) is 5.78 Å². The molecule has 2 heteroatoms. The van der Waals surface area contributed by atoms with Gasteiger partial charge in [-0.2, -0.15) is 0 Å². The van der Waals surface area contributed by atoms with Gasteiger partial charge in [0.25, 0.3) is 0 Å². The number of carbonyl (C=O) groups excluding carboxylic acids is 1. The maximum absolute atomic E-state index is 11.4. The molecule has 1 rings (SSSR count). The second kappa shape index (κ2) is 2.56. The van der Waals surface area contributed by atoms with Crippen LogP contribution in [0.1, 0.15) is 40.5 Å². The molecule has 0 aromatic carbocycles. The summed E-state index contributed by atoms with van der Waals surface area (Å²) in [5.41, 5.74) is 0.220. The number of rotatable bonds is 0. The van der Waals surface area contributed by atoms with Gasteiger partial charge in [-0.1, -0.05) is 0 Å². The predicted octanol–water partition coefficient (Wildman–Crippen LogP) is 0.421. The first-order valence-electron chi connectivity index (χ1n) is 4.62. The van der Waals surface area contributed by atoms with Crippen LogP contribution in [0.3, 0.4) is 0 Å². The quantitative estimate of drug-likeness (QED) is 0.559. The molecule has 0 aliphatic carbocycles. The zero-order chi connectivity index (χ0) is 9.57. The maximum Gasteiger partial charge on any atom is 0.145 e. The molecule has 0 atom stereocenters. The lowest BCUT2D eigenvalue weighted by molar-refractivity contribution is -0.978. The summed E-state index contributed by atoms with van der Waals surface area (Å²) >= 11 is 0. The summed E-state index contributed by atoms with van der Waals surface area (Å²) in [6.45, 7) is 8.67. The minimum absolute atomic E-state index is 0.110. The number of ketones is 1. The SMILES string of the molecule is C[NH+]1C(C)(C)CC(=O)CC1(C)C. The first-order chi connectivity index (χ1) is 5.26. The van der Waals surface area contributed by atoms with Crippen LogP contribution >= 0.6 is 0 Å². The number of Topliss-reactive ketones (excluding diaryl/α,β-unsaturated/α-hetero) is 1. The van der Waals surface area contributed by atoms with E-state index >= 15 is 0 Å². The Morgan fingerprint density at radius 3 is 1.75 bits per heavy atom. The third-order valence-corrected chi connectivity index (χ3v) is 3.31. The van der Waals surface area contributed by atoms with E-state index in [1.165, 1.54) is 4.90 Å². The van der Waals surface area contributed by atoms with Gasteiger partial charge in [-0.05, 0) is 27.7 Å². The van der Waals surface area contributed by atoms with Crippen molar-refractivity contribution in [3.05, 3.63) is 0 Å². The minimum atomic E-state index is 0.110. The first-order valence-corrected chi connectivity index (χ1v) is 4.62. The Balaban J connectivity index is 2.91. The van der Waals surface area contributed by atoms with E-state index in [1.807, 2.05) is 0 Å². The van der Waals surface area contributed by atoms with Crippen molar-refractivity contribution in [1.82, 2.24) is 0 Å². The van der Waals surface area contributed by atoms with Crippen molar-refractivity contribution < 1.29 is 9.69 Å². The van der Waals surface area contributed by atoms with Gasteiger partial charge in [-0.15, -0.1) is 0 Å². The average Bonchev–Trinajstić information content (AvgIpc) is 1.80. The fourth-order valence-electron chi connectivity index (χ4n) is 2.23. The summed E-state index contributed by atoms with van der Waals surface area (Å²) in [5.74, 6) is 0.413. The number of hydrogen-bond acceptors (Lipinski definition) is 1. The number of nitrogens with one attached hydrogen (secondary N) is 1. The predicted molar refractivity (Wildman–Crippen MR) is 49.3 cm³/mol. The van der Waals surface area contributed by atoms with Gasteiger partial charge in [0.2, 0.25) is 0 Å². The van der Waals surface area contributed by atoms with Crippen LogP contribution in [0.2, 0.25) is 0 Å². The van der Waals surface area contributed by atoms with Crippen LogP contribution in [0.5, 0.6) is 0 Å². The van der Waals surface area contributed by atoms with E-state index in [2.05, 4.69) is 34.7 Å². The molecule has 0 unspecified atom stereocenters. The average molecular weight is 170 g/mol. The van der Waals surface area contributed by atoms with Crippen molar-refractivity contribution in [2.75, 3.05) is 7.05 Å². The molecule has 0 amide bonds. The maximum atomic E-state index is 11.4. The molecule has 0 aromatic heterocycles. The van der Waals surface area contributed by atoms with Crippen LogP contribution in [-0.2, 0) is 4.79 Å².